The van der Waals surface area contributed by atoms with Gasteiger partial charge in [0.15, 0.2) is 0 Å². The molecule has 2 aliphatic rings. The number of nitrogens with two attached hydrogens (primary N) is 1. The number of benzene rings is 1. The zero-order valence-corrected chi connectivity index (χ0v) is 13.8. The van der Waals surface area contributed by atoms with Crippen LogP contribution in [0.4, 0.5) is 5.69 Å². The van der Waals surface area contributed by atoms with E-state index in [2.05, 4.69) is 33.0 Å². The standard InChI is InChI=1S/C17H25BrN2/c18-15-5-4-14(16(19)12-15)13-20-10-8-17(9-11-20)6-2-1-3-7-17/h4-5,12H,1-3,6-11,13,19H2. The van der Waals surface area contributed by atoms with E-state index in [1.807, 2.05) is 6.07 Å². The van der Waals surface area contributed by atoms with Crippen molar-refractivity contribution in [2.45, 2.75) is 51.5 Å². The van der Waals surface area contributed by atoms with Crippen LogP contribution in [-0.2, 0) is 6.54 Å². The van der Waals surface area contributed by atoms with Crippen LogP contribution in [0, 0.1) is 5.41 Å². The molecule has 0 atom stereocenters. The Morgan fingerprint density at radius 3 is 2.40 bits per heavy atom. The fourth-order valence-corrected chi connectivity index (χ4v) is 4.32. The van der Waals surface area contributed by atoms with Gasteiger partial charge in [0.05, 0.1) is 0 Å². The molecule has 1 spiro atoms. The van der Waals surface area contributed by atoms with Crippen molar-refractivity contribution in [1.29, 1.82) is 0 Å². The average molecular weight is 337 g/mol. The number of piperidine rings is 1. The zero-order valence-electron chi connectivity index (χ0n) is 12.2. The van der Waals surface area contributed by atoms with Crippen molar-refractivity contribution in [3.63, 3.8) is 0 Å². The van der Waals surface area contributed by atoms with Crippen molar-refractivity contribution < 1.29 is 0 Å². The molecular weight excluding hydrogens is 312 g/mol. The van der Waals surface area contributed by atoms with Crippen LogP contribution in [0.3, 0.4) is 0 Å². The second-order valence-corrected chi connectivity index (χ2v) is 7.60. The molecule has 0 unspecified atom stereocenters. The molecule has 1 aromatic rings. The van der Waals surface area contributed by atoms with Gasteiger partial charge in [-0.25, -0.2) is 0 Å². The number of likely N-dealkylation sites (tertiary alicyclic amines) is 1. The maximum Gasteiger partial charge on any atom is 0.0371 e. The third-order valence-electron chi connectivity index (χ3n) is 5.33. The number of nitrogens with zero attached hydrogens (tertiary/aromatic N) is 1. The van der Waals surface area contributed by atoms with E-state index >= 15 is 0 Å². The highest BCUT2D eigenvalue weighted by molar-refractivity contribution is 9.10. The number of hydrogen-bond acceptors (Lipinski definition) is 2. The van der Waals surface area contributed by atoms with E-state index in [1.165, 1.54) is 63.6 Å². The summed E-state index contributed by atoms with van der Waals surface area (Å²) in [6, 6.07) is 6.27. The normalized spacial score (nSPS) is 23.1. The first kappa shape index (κ1) is 14.4. The van der Waals surface area contributed by atoms with Crippen LogP contribution in [0.5, 0.6) is 0 Å². The highest BCUT2D eigenvalue weighted by atomic mass is 79.9. The van der Waals surface area contributed by atoms with Crippen molar-refractivity contribution >= 4 is 21.6 Å². The summed E-state index contributed by atoms with van der Waals surface area (Å²) >= 11 is 3.48. The molecule has 2 fully saturated rings. The fraction of sp³-hybridized carbons (Fsp3) is 0.647. The topological polar surface area (TPSA) is 29.3 Å². The molecule has 1 aromatic carbocycles. The molecule has 0 bridgehead atoms. The van der Waals surface area contributed by atoms with Crippen LogP contribution in [0.2, 0.25) is 0 Å². The lowest BCUT2D eigenvalue weighted by Crippen LogP contribution is -2.40. The lowest BCUT2D eigenvalue weighted by atomic mass is 9.68. The molecule has 3 heteroatoms. The minimum Gasteiger partial charge on any atom is -0.398 e. The van der Waals surface area contributed by atoms with Gasteiger partial charge in [-0.3, -0.25) is 4.90 Å². The lowest BCUT2D eigenvalue weighted by molar-refractivity contribution is 0.0642. The van der Waals surface area contributed by atoms with Crippen LogP contribution in [0.25, 0.3) is 0 Å². The third kappa shape index (κ3) is 3.20. The summed E-state index contributed by atoms with van der Waals surface area (Å²) in [7, 11) is 0. The number of anilines is 1. The monoisotopic (exact) mass is 336 g/mol. The first-order valence-corrected chi connectivity index (χ1v) is 8.73. The number of halogens is 1. The first-order valence-electron chi connectivity index (χ1n) is 7.93. The molecule has 0 amide bonds. The molecule has 3 rings (SSSR count). The fourth-order valence-electron chi connectivity index (χ4n) is 3.94. The summed E-state index contributed by atoms with van der Waals surface area (Å²) < 4.78 is 1.07. The Morgan fingerprint density at radius 2 is 1.75 bits per heavy atom. The first-order chi connectivity index (χ1) is 9.67. The van der Waals surface area contributed by atoms with Crippen molar-refractivity contribution in [2.75, 3.05) is 18.8 Å². The second-order valence-electron chi connectivity index (χ2n) is 6.68. The molecule has 1 heterocycles. The average Bonchev–Trinajstić information content (AvgIpc) is 2.45. The summed E-state index contributed by atoms with van der Waals surface area (Å²) in [4.78, 5) is 2.58. The molecule has 2 nitrogen and oxygen atoms in total. The van der Waals surface area contributed by atoms with Gasteiger partial charge in [-0.2, -0.15) is 0 Å². The van der Waals surface area contributed by atoms with Crippen molar-refractivity contribution in [2.24, 2.45) is 5.41 Å². The maximum atomic E-state index is 6.12. The van der Waals surface area contributed by atoms with Crippen LogP contribution < -0.4 is 5.73 Å². The molecule has 0 aromatic heterocycles. The predicted octanol–water partition coefficient (Wildman–Crippen LogP) is 4.58. The van der Waals surface area contributed by atoms with Gasteiger partial charge in [-0.1, -0.05) is 41.3 Å². The summed E-state index contributed by atoms with van der Waals surface area (Å²) in [5.41, 5.74) is 9.00. The molecule has 1 aliphatic heterocycles. The molecule has 0 radical (unpaired) electrons. The second kappa shape index (κ2) is 6.07. The SMILES string of the molecule is Nc1cc(Br)ccc1CN1CCC2(CCCCC2)CC1. The molecule has 1 saturated heterocycles. The lowest BCUT2D eigenvalue weighted by Gasteiger charge is -2.44. The Balaban J connectivity index is 1.58. The highest BCUT2D eigenvalue weighted by Gasteiger charge is 2.35. The van der Waals surface area contributed by atoms with E-state index < -0.39 is 0 Å². The van der Waals surface area contributed by atoms with E-state index in [0.29, 0.717) is 5.41 Å². The van der Waals surface area contributed by atoms with Crippen LogP contribution in [-0.4, -0.2) is 18.0 Å². The van der Waals surface area contributed by atoms with Crippen LogP contribution >= 0.6 is 15.9 Å². The molecule has 1 saturated carbocycles. The maximum absolute atomic E-state index is 6.12. The van der Waals surface area contributed by atoms with Gasteiger partial charge in [0.2, 0.25) is 0 Å². The van der Waals surface area contributed by atoms with Gasteiger partial charge in [-0.05, 0) is 61.9 Å². The van der Waals surface area contributed by atoms with Gasteiger partial charge in [0, 0.05) is 16.7 Å². The number of nitrogen functional groups attached to an aromatic ring is 1. The van der Waals surface area contributed by atoms with Gasteiger partial charge >= 0.3 is 0 Å². The highest BCUT2D eigenvalue weighted by Crippen LogP contribution is 2.44. The molecule has 110 valence electrons. The predicted molar refractivity (Wildman–Crippen MR) is 88.6 cm³/mol. The Morgan fingerprint density at radius 1 is 1.05 bits per heavy atom. The quantitative estimate of drug-likeness (QED) is 0.801. The zero-order chi connectivity index (χ0) is 14.0. The Bertz CT molecular complexity index is 456. The summed E-state index contributed by atoms with van der Waals surface area (Å²) in [6.07, 6.45) is 10.1. The molecule has 2 N–H and O–H groups in total. The van der Waals surface area contributed by atoms with E-state index in [0.717, 1.165) is 16.7 Å². The van der Waals surface area contributed by atoms with E-state index in [4.69, 9.17) is 5.73 Å². The number of rotatable bonds is 2. The summed E-state index contributed by atoms with van der Waals surface area (Å²) in [6.45, 7) is 3.50. The minimum atomic E-state index is 0.694. The summed E-state index contributed by atoms with van der Waals surface area (Å²) in [5.74, 6) is 0. The smallest absolute Gasteiger partial charge is 0.0371 e. The van der Waals surface area contributed by atoms with Crippen molar-refractivity contribution in [3.05, 3.63) is 28.2 Å². The molecular formula is C17H25BrN2. The summed E-state index contributed by atoms with van der Waals surface area (Å²) in [5, 5.41) is 0. The van der Waals surface area contributed by atoms with Gasteiger partial charge < -0.3 is 5.73 Å². The minimum absolute atomic E-state index is 0.694. The van der Waals surface area contributed by atoms with E-state index in [9.17, 15) is 0 Å². The van der Waals surface area contributed by atoms with Gasteiger partial charge in [0.25, 0.3) is 0 Å². The van der Waals surface area contributed by atoms with Crippen LogP contribution in [0.1, 0.15) is 50.5 Å². The Hall–Kier alpha value is -0.540. The van der Waals surface area contributed by atoms with E-state index in [1.54, 1.807) is 0 Å². The van der Waals surface area contributed by atoms with Crippen LogP contribution in [0.15, 0.2) is 22.7 Å². The van der Waals surface area contributed by atoms with Crippen molar-refractivity contribution in [3.8, 4) is 0 Å². The Kier molecular flexibility index (Phi) is 4.37. The largest absolute Gasteiger partial charge is 0.398 e. The van der Waals surface area contributed by atoms with Gasteiger partial charge in [-0.15, -0.1) is 0 Å². The van der Waals surface area contributed by atoms with E-state index in [-0.39, 0.29) is 0 Å². The van der Waals surface area contributed by atoms with Gasteiger partial charge in [0.1, 0.15) is 0 Å². The van der Waals surface area contributed by atoms with Crippen molar-refractivity contribution in [1.82, 2.24) is 4.90 Å². The third-order valence-corrected chi connectivity index (χ3v) is 5.83. The Labute approximate surface area is 130 Å². The molecule has 20 heavy (non-hydrogen) atoms. The number of hydrogen-bond donors (Lipinski definition) is 1. The molecule has 1 aliphatic carbocycles.